The number of nitrogens with two attached hydrogens (primary N) is 1. The lowest BCUT2D eigenvalue weighted by atomic mass is 9.70. The number of benzene rings is 1. The number of piperidine rings is 1. The summed E-state index contributed by atoms with van der Waals surface area (Å²) in [4.78, 5) is 27.3. The first kappa shape index (κ1) is 21.3. The Bertz CT molecular complexity index is 744. The van der Waals surface area contributed by atoms with E-state index in [4.69, 9.17) is 5.73 Å². The van der Waals surface area contributed by atoms with Crippen LogP contribution in [0.15, 0.2) is 30.3 Å². The molecular weight excluding hydrogens is 364 g/mol. The van der Waals surface area contributed by atoms with Gasteiger partial charge in [0.1, 0.15) is 5.54 Å². The second-order valence-corrected chi connectivity index (χ2v) is 8.42. The molecule has 1 aromatic rings. The highest BCUT2D eigenvalue weighted by Crippen LogP contribution is 2.40. The Morgan fingerprint density at radius 1 is 1.10 bits per heavy atom. The number of nitriles is 1. The quantitative estimate of drug-likeness (QED) is 0.741. The molecule has 2 aliphatic rings. The number of nitrogens with one attached hydrogen (secondary N) is 1. The predicted octanol–water partition coefficient (Wildman–Crippen LogP) is 2.69. The van der Waals surface area contributed by atoms with E-state index < -0.39 is 11.0 Å². The van der Waals surface area contributed by atoms with Crippen molar-refractivity contribution in [2.45, 2.75) is 63.5 Å². The number of rotatable bonds is 7. The van der Waals surface area contributed by atoms with E-state index in [2.05, 4.69) is 11.4 Å². The fourth-order valence-electron chi connectivity index (χ4n) is 4.66. The van der Waals surface area contributed by atoms with Crippen molar-refractivity contribution in [2.75, 3.05) is 13.1 Å². The average molecular weight is 396 g/mol. The number of hydrogen-bond acceptors (Lipinski definition) is 4. The van der Waals surface area contributed by atoms with E-state index in [1.165, 1.54) is 0 Å². The summed E-state index contributed by atoms with van der Waals surface area (Å²) in [6.07, 6.45) is 7.66. The fraction of sp³-hybridized carbons (Fsp3) is 0.565. The highest BCUT2D eigenvalue weighted by molar-refractivity contribution is 5.88. The standard InChI is InChI=1S/C23H31N4O2/c24-18-23(13-15-26-16-14-23)27(17-19-7-3-1-4-8-19)20(28)9-12-22(21(25)29)10-5-2-6-11-22/h1,3-4,7-9,26H,2,5-6,10-17H2,(H2,25,29). The van der Waals surface area contributed by atoms with E-state index in [9.17, 15) is 14.9 Å². The molecule has 0 aromatic heterocycles. The van der Waals surface area contributed by atoms with Gasteiger partial charge in [-0.3, -0.25) is 9.59 Å². The van der Waals surface area contributed by atoms with Crippen LogP contribution in [0.1, 0.15) is 56.9 Å². The minimum Gasteiger partial charge on any atom is -0.369 e. The third-order valence-corrected chi connectivity index (χ3v) is 6.61. The maximum absolute atomic E-state index is 13.4. The molecule has 1 saturated carbocycles. The molecule has 2 fully saturated rings. The second-order valence-electron chi connectivity index (χ2n) is 8.42. The minimum absolute atomic E-state index is 0.177. The molecule has 3 rings (SSSR count). The van der Waals surface area contributed by atoms with Gasteiger partial charge in [0, 0.05) is 12.0 Å². The van der Waals surface area contributed by atoms with Gasteiger partial charge in [-0.25, -0.2) is 0 Å². The van der Waals surface area contributed by atoms with Crippen LogP contribution in [-0.4, -0.2) is 35.3 Å². The Morgan fingerprint density at radius 2 is 1.76 bits per heavy atom. The molecule has 155 valence electrons. The van der Waals surface area contributed by atoms with Crippen LogP contribution in [0.3, 0.4) is 0 Å². The first-order chi connectivity index (χ1) is 14.0. The van der Waals surface area contributed by atoms with Crippen LogP contribution in [0, 0.1) is 23.2 Å². The van der Waals surface area contributed by atoms with Crippen molar-refractivity contribution < 1.29 is 9.59 Å². The summed E-state index contributed by atoms with van der Waals surface area (Å²) in [6.45, 7) is 1.79. The minimum atomic E-state index is -0.832. The van der Waals surface area contributed by atoms with Crippen molar-refractivity contribution in [1.29, 1.82) is 5.26 Å². The first-order valence-electron chi connectivity index (χ1n) is 10.6. The van der Waals surface area contributed by atoms with Gasteiger partial charge in [-0.05, 0) is 50.8 Å². The molecule has 2 amide bonds. The van der Waals surface area contributed by atoms with Gasteiger partial charge in [-0.15, -0.1) is 0 Å². The van der Waals surface area contributed by atoms with Gasteiger partial charge >= 0.3 is 0 Å². The number of carbonyl (C=O) groups is 2. The third-order valence-electron chi connectivity index (χ3n) is 6.61. The van der Waals surface area contributed by atoms with Gasteiger partial charge in [0.05, 0.1) is 12.5 Å². The highest BCUT2D eigenvalue weighted by atomic mass is 16.2. The molecule has 0 atom stereocenters. The lowest BCUT2D eigenvalue weighted by Gasteiger charge is -2.42. The van der Waals surface area contributed by atoms with Gasteiger partial charge in [-0.1, -0.05) is 49.6 Å². The lowest BCUT2D eigenvalue weighted by molar-refractivity contribution is -0.135. The Hall–Kier alpha value is -2.39. The van der Waals surface area contributed by atoms with Crippen LogP contribution < -0.4 is 11.1 Å². The number of hydrogen-bond donors (Lipinski definition) is 2. The zero-order valence-corrected chi connectivity index (χ0v) is 17.0. The van der Waals surface area contributed by atoms with Gasteiger partial charge in [-0.2, -0.15) is 5.26 Å². The third kappa shape index (κ3) is 4.79. The molecule has 6 nitrogen and oxygen atoms in total. The molecule has 0 spiro atoms. The molecule has 0 unspecified atom stereocenters. The van der Waals surface area contributed by atoms with Crippen molar-refractivity contribution >= 4 is 11.8 Å². The molecule has 3 N–H and O–H groups in total. The maximum atomic E-state index is 13.4. The van der Waals surface area contributed by atoms with E-state index in [1.807, 2.05) is 30.3 Å². The topological polar surface area (TPSA) is 99.2 Å². The Morgan fingerprint density at radius 3 is 2.34 bits per heavy atom. The van der Waals surface area contributed by atoms with Crippen molar-refractivity contribution in [2.24, 2.45) is 11.1 Å². The average Bonchev–Trinajstić information content (AvgIpc) is 2.77. The molecule has 1 aliphatic heterocycles. The smallest absolute Gasteiger partial charge is 0.228 e. The summed E-state index contributed by atoms with van der Waals surface area (Å²) >= 11 is 0. The van der Waals surface area contributed by atoms with E-state index in [-0.39, 0.29) is 11.8 Å². The number of nitrogens with zero attached hydrogens (tertiary/aromatic N) is 2. The van der Waals surface area contributed by atoms with Crippen LogP contribution in [0.5, 0.6) is 0 Å². The molecule has 29 heavy (non-hydrogen) atoms. The first-order valence-corrected chi connectivity index (χ1v) is 10.6. The largest absolute Gasteiger partial charge is 0.369 e. The summed E-state index contributed by atoms with van der Waals surface area (Å²) in [5.41, 5.74) is 5.27. The van der Waals surface area contributed by atoms with E-state index in [0.717, 1.165) is 37.7 Å². The SMILES string of the molecule is N#CC1(N(Cc2ccccc2)C(=O)[CH]CC2(C(N)=O)CCCCC2)CCNCC1. The van der Waals surface area contributed by atoms with Gasteiger partial charge < -0.3 is 16.0 Å². The lowest BCUT2D eigenvalue weighted by Crippen LogP contribution is -2.56. The summed E-state index contributed by atoms with van der Waals surface area (Å²) in [7, 11) is 0. The monoisotopic (exact) mass is 395 g/mol. The Balaban J connectivity index is 1.80. The van der Waals surface area contributed by atoms with Gasteiger partial charge in [0.25, 0.3) is 0 Å². The summed E-state index contributed by atoms with van der Waals surface area (Å²) in [5.74, 6) is -0.490. The van der Waals surface area contributed by atoms with E-state index >= 15 is 0 Å². The number of carbonyl (C=O) groups excluding carboxylic acids is 2. The summed E-state index contributed by atoms with van der Waals surface area (Å²) in [6, 6.07) is 12.2. The van der Waals surface area contributed by atoms with Crippen molar-refractivity contribution in [1.82, 2.24) is 10.2 Å². The highest BCUT2D eigenvalue weighted by Gasteiger charge is 2.43. The molecule has 1 heterocycles. The van der Waals surface area contributed by atoms with Crippen LogP contribution in [0.4, 0.5) is 0 Å². The van der Waals surface area contributed by atoms with Crippen LogP contribution >= 0.6 is 0 Å². The number of primary amides is 1. The predicted molar refractivity (Wildman–Crippen MR) is 111 cm³/mol. The van der Waals surface area contributed by atoms with Crippen molar-refractivity contribution in [3.63, 3.8) is 0 Å². The van der Waals surface area contributed by atoms with Gasteiger partial charge in [0.2, 0.25) is 11.8 Å². The van der Waals surface area contributed by atoms with Crippen LogP contribution in [-0.2, 0) is 16.1 Å². The molecule has 1 aliphatic carbocycles. The van der Waals surface area contributed by atoms with E-state index in [0.29, 0.717) is 38.9 Å². The summed E-state index contributed by atoms with van der Waals surface area (Å²) in [5, 5.41) is 13.3. The molecule has 0 bridgehead atoms. The van der Waals surface area contributed by atoms with Crippen molar-refractivity contribution in [3.05, 3.63) is 42.3 Å². The van der Waals surface area contributed by atoms with Crippen LogP contribution in [0.25, 0.3) is 0 Å². The number of amides is 2. The fourth-order valence-corrected chi connectivity index (χ4v) is 4.66. The molecule has 1 aromatic carbocycles. The van der Waals surface area contributed by atoms with E-state index in [1.54, 1.807) is 11.3 Å². The van der Waals surface area contributed by atoms with Crippen molar-refractivity contribution in [3.8, 4) is 6.07 Å². The van der Waals surface area contributed by atoms with Crippen LogP contribution in [0.2, 0.25) is 0 Å². The molecule has 6 heteroatoms. The zero-order valence-electron chi connectivity index (χ0n) is 17.0. The molecule has 1 saturated heterocycles. The Labute approximate surface area is 173 Å². The molecular formula is C23H31N4O2. The Kier molecular flexibility index (Phi) is 6.92. The zero-order chi connectivity index (χ0) is 20.7. The van der Waals surface area contributed by atoms with Gasteiger partial charge in [0.15, 0.2) is 0 Å². The maximum Gasteiger partial charge on any atom is 0.228 e. The molecule has 1 radical (unpaired) electrons. The normalized spacial score (nSPS) is 20.4. The summed E-state index contributed by atoms with van der Waals surface area (Å²) < 4.78 is 0. The second kappa shape index (κ2) is 9.41.